The van der Waals surface area contributed by atoms with Gasteiger partial charge in [0.2, 0.25) is 0 Å². The van der Waals surface area contributed by atoms with E-state index in [1.807, 2.05) is 19.1 Å². The highest BCUT2D eigenvalue weighted by Crippen LogP contribution is 2.20. The minimum atomic E-state index is -2.88. The van der Waals surface area contributed by atoms with Crippen LogP contribution in [0, 0.1) is 6.92 Å². The van der Waals surface area contributed by atoms with Crippen LogP contribution in [0.15, 0.2) is 18.2 Å². The van der Waals surface area contributed by atoms with E-state index in [1.165, 1.54) is 0 Å². The predicted molar refractivity (Wildman–Crippen MR) is 71.4 cm³/mol. The third kappa shape index (κ3) is 3.03. The van der Waals surface area contributed by atoms with Crippen LogP contribution in [0.1, 0.15) is 24.0 Å². The monoisotopic (exact) mass is 269 g/mol. The first kappa shape index (κ1) is 13.4. The molecule has 2 rings (SSSR count). The van der Waals surface area contributed by atoms with E-state index in [-0.39, 0.29) is 11.0 Å². The maximum Gasteiger partial charge on any atom is 0.154 e. The number of phenols is 1. The van der Waals surface area contributed by atoms with Crippen molar-refractivity contribution in [3.63, 3.8) is 0 Å². The SMILES string of the molecule is Cc1ccc(O)c(CNCC2CCCS2(=O)=O)c1. The number of aromatic hydroxyl groups is 1. The number of hydrogen-bond acceptors (Lipinski definition) is 4. The average Bonchev–Trinajstić information content (AvgIpc) is 2.63. The molecule has 0 amide bonds. The highest BCUT2D eigenvalue weighted by Gasteiger charge is 2.30. The van der Waals surface area contributed by atoms with Crippen LogP contribution in [-0.4, -0.2) is 31.1 Å². The molecular weight excluding hydrogens is 250 g/mol. The van der Waals surface area contributed by atoms with Crippen LogP contribution in [0.5, 0.6) is 5.75 Å². The highest BCUT2D eigenvalue weighted by atomic mass is 32.2. The van der Waals surface area contributed by atoms with Gasteiger partial charge in [-0.15, -0.1) is 0 Å². The second kappa shape index (κ2) is 5.28. The molecule has 1 aliphatic heterocycles. The van der Waals surface area contributed by atoms with E-state index >= 15 is 0 Å². The van der Waals surface area contributed by atoms with E-state index < -0.39 is 9.84 Å². The van der Waals surface area contributed by atoms with Crippen molar-refractivity contribution in [3.8, 4) is 5.75 Å². The number of hydrogen-bond donors (Lipinski definition) is 2. The summed E-state index contributed by atoms with van der Waals surface area (Å²) in [5.74, 6) is 0.567. The number of nitrogens with one attached hydrogen (secondary N) is 1. The lowest BCUT2D eigenvalue weighted by molar-refractivity contribution is 0.464. The lowest BCUT2D eigenvalue weighted by atomic mass is 10.1. The molecule has 1 unspecified atom stereocenters. The van der Waals surface area contributed by atoms with Crippen LogP contribution in [0.25, 0.3) is 0 Å². The molecule has 0 aromatic heterocycles. The number of benzene rings is 1. The van der Waals surface area contributed by atoms with E-state index in [0.29, 0.717) is 18.8 Å². The molecule has 1 fully saturated rings. The minimum absolute atomic E-state index is 0.252. The Morgan fingerprint density at radius 3 is 2.89 bits per heavy atom. The molecule has 100 valence electrons. The molecule has 1 atom stereocenters. The van der Waals surface area contributed by atoms with Gasteiger partial charge in [0.15, 0.2) is 9.84 Å². The first-order valence-corrected chi connectivity index (χ1v) is 7.91. The summed E-state index contributed by atoms with van der Waals surface area (Å²) >= 11 is 0. The van der Waals surface area contributed by atoms with Crippen LogP contribution in [-0.2, 0) is 16.4 Å². The summed E-state index contributed by atoms with van der Waals surface area (Å²) in [7, 11) is -2.88. The Bertz CT molecular complexity index is 525. The molecule has 1 heterocycles. The highest BCUT2D eigenvalue weighted by molar-refractivity contribution is 7.92. The van der Waals surface area contributed by atoms with Gasteiger partial charge in [-0.3, -0.25) is 0 Å². The van der Waals surface area contributed by atoms with Crippen LogP contribution in [0.3, 0.4) is 0 Å². The molecule has 0 saturated carbocycles. The minimum Gasteiger partial charge on any atom is -0.508 e. The summed E-state index contributed by atoms with van der Waals surface area (Å²) in [6.07, 6.45) is 1.51. The Hall–Kier alpha value is -1.07. The summed E-state index contributed by atoms with van der Waals surface area (Å²) in [6, 6.07) is 5.42. The standard InChI is InChI=1S/C13H19NO3S/c1-10-4-5-13(15)11(7-10)8-14-9-12-3-2-6-18(12,16)17/h4-5,7,12,14-15H,2-3,6,8-9H2,1H3. The molecule has 4 nitrogen and oxygen atoms in total. The van der Waals surface area contributed by atoms with Crippen molar-refractivity contribution in [3.05, 3.63) is 29.3 Å². The van der Waals surface area contributed by atoms with Crippen molar-refractivity contribution in [2.45, 2.75) is 31.6 Å². The van der Waals surface area contributed by atoms with E-state index in [9.17, 15) is 13.5 Å². The molecule has 1 aromatic rings. The van der Waals surface area contributed by atoms with Gasteiger partial charge in [0, 0.05) is 18.7 Å². The van der Waals surface area contributed by atoms with E-state index in [1.54, 1.807) is 6.07 Å². The zero-order valence-corrected chi connectivity index (χ0v) is 11.3. The molecule has 1 aliphatic rings. The van der Waals surface area contributed by atoms with E-state index in [2.05, 4.69) is 5.32 Å². The van der Waals surface area contributed by atoms with Crippen LogP contribution in [0.2, 0.25) is 0 Å². The summed E-state index contributed by atoms with van der Waals surface area (Å²) in [5, 5.41) is 12.5. The molecule has 2 N–H and O–H groups in total. The average molecular weight is 269 g/mol. The smallest absolute Gasteiger partial charge is 0.154 e. The molecule has 0 bridgehead atoms. The van der Waals surface area contributed by atoms with Crippen LogP contribution >= 0.6 is 0 Å². The van der Waals surface area contributed by atoms with Gasteiger partial charge in [-0.1, -0.05) is 17.7 Å². The molecule has 0 aliphatic carbocycles. The summed E-state index contributed by atoms with van der Waals surface area (Å²) < 4.78 is 23.3. The quantitative estimate of drug-likeness (QED) is 0.866. The third-order valence-electron chi connectivity index (χ3n) is 3.39. The zero-order chi connectivity index (χ0) is 13.2. The molecule has 5 heteroatoms. The van der Waals surface area contributed by atoms with Crippen molar-refractivity contribution < 1.29 is 13.5 Å². The van der Waals surface area contributed by atoms with Crippen LogP contribution in [0.4, 0.5) is 0 Å². The van der Waals surface area contributed by atoms with Crippen molar-refractivity contribution >= 4 is 9.84 Å². The molecular formula is C13H19NO3S. The normalized spacial score (nSPS) is 22.2. The van der Waals surface area contributed by atoms with Gasteiger partial charge in [0.1, 0.15) is 5.75 Å². The van der Waals surface area contributed by atoms with Gasteiger partial charge in [0.25, 0.3) is 0 Å². The Kier molecular flexibility index (Phi) is 3.92. The summed E-state index contributed by atoms with van der Waals surface area (Å²) in [6.45, 7) is 2.93. The predicted octanol–water partition coefficient (Wildman–Crippen LogP) is 1.37. The van der Waals surface area contributed by atoms with Crippen molar-refractivity contribution in [2.24, 2.45) is 0 Å². The van der Waals surface area contributed by atoms with Crippen LogP contribution < -0.4 is 5.32 Å². The number of rotatable bonds is 4. The zero-order valence-electron chi connectivity index (χ0n) is 10.5. The van der Waals surface area contributed by atoms with E-state index in [4.69, 9.17) is 0 Å². The fraction of sp³-hybridized carbons (Fsp3) is 0.538. The summed E-state index contributed by atoms with van der Waals surface area (Å²) in [4.78, 5) is 0. The topological polar surface area (TPSA) is 66.4 Å². The maximum atomic E-state index is 11.6. The maximum absolute atomic E-state index is 11.6. The van der Waals surface area contributed by atoms with Gasteiger partial charge in [0.05, 0.1) is 11.0 Å². The van der Waals surface area contributed by atoms with Crippen molar-refractivity contribution in [2.75, 3.05) is 12.3 Å². The second-order valence-corrected chi connectivity index (χ2v) is 7.29. The largest absolute Gasteiger partial charge is 0.508 e. The van der Waals surface area contributed by atoms with Gasteiger partial charge < -0.3 is 10.4 Å². The molecule has 18 heavy (non-hydrogen) atoms. The fourth-order valence-electron chi connectivity index (χ4n) is 2.31. The van der Waals surface area contributed by atoms with Crippen molar-refractivity contribution in [1.82, 2.24) is 5.32 Å². The van der Waals surface area contributed by atoms with Gasteiger partial charge in [-0.2, -0.15) is 0 Å². The Balaban J connectivity index is 1.91. The number of sulfone groups is 1. The lowest BCUT2D eigenvalue weighted by Crippen LogP contribution is -2.30. The number of phenolic OH excluding ortho intramolecular Hbond substituents is 1. The van der Waals surface area contributed by atoms with Gasteiger partial charge >= 0.3 is 0 Å². The van der Waals surface area contributed by atoms with Gasteiger partial charge in [-0.25, -0.2) is 8.42 Å². The summed E-state index contributed by atoms with van der Waals surface area (Å²) in [5.41, 5.74) is 1.89. The molecule has 1 aromatic carbocycles. The fourth-order valence-corrected chi connectivity index (χ4v) is 4.11. The molecule has 0 radical (unpaired) electrons. The Morgan fingerprint density at radius 2 is 2.22 bits per heavy atom. The first-order valence-electron chi connectivity index (χ1n) is 6.20. The number of aryl methyl sites for hydroxylation is 1. The Morgan fingerprint density at radius 1 is 1.44 bits per heavy atom. The first-order chi connectivity index (χ1) is 8.49. The second-order valence-electron chi connectivity index (χ2n) is 4.89. The molecule has 1 saturated heterocycles. The third-order valence-corrected chi connectivity index (χ3v) is 5.66. The van der Waals surface area contributed by atoms with Gasteiger partial charge in [-0.05, 0) is 25.8 Å². The Labute approximate surface area is 108 Å². The molecule has 0 spiro atoms. The lowest BCUT2D eigenvalue weighted by Gasteiger charge is -2.12. The van der Waals surface area contributed by atoms with E-state index in [0.717, 1.165) is 24.0 Å². The van der Waals surface area contributed by atoms with Crippen molar-refractivity contribution in [1.29, 1.82) is 0 Å².